The normalized spacial score (nSPS) is 16.7. The van der Waals surface area contributed by atoms with Gasteiger partial charge in [-0.05, 0) is 44.5 Å². The lowest BCUT2D eigenvalue weighted by molar-refractivity contribution is -0.192. The lowest BCUT2D eigenvalue weighted by atomic mass is 10.3. The summed E-state index contributed by atoms with van der Waals surface area (Å²) >= 11 is 0. The summed E-state index contributed by atoms with van der Waals surface area (Å²) in [5.41, 5.74) is 1.38. The molecular weight excluding hydrogens is 431 g/mol. The average Bonchev–Trinajstić information content (AvgIpc) is 3.38. The molecule has 1 saturated heterocycles. The van der Waals surface area contributed by atoms with Crippen molar-refractivity contribution in [1.29, 1.82) is 0 Å². The minimum atomic E-state index is -5.08. The van der Waals surface area contributed by atoms with E-state index in [1.54, 1.807) is 27.8 Å². The average molecular weight is 455 g/mol. The van der Waals surface area contributed by atoms with Crippen molar-refractivity contribution in [2.75, 3.05) is 19.6 Å². The molecule has 0 saturated carbocycles. The minimum absolute atomic E-state index is 0.00614. The van der Waals surface area contributed by atoms with Crippen LogP contribution < -0.4 is 5.56 Å². The van der Waals surface area contributed by atoms with Gasteiger partial charge in [-0.3, -0.25) is 19.1 Å². The minimum Gasteiger partial charge on any atom is -0.475 e. The first-order valence-corrected chi connectivity index (χ1v) is 10.2. The van der Waals surface area contributed by atoms with Crippen LogP contribution >= 0.6 is 0 Å². The number of hydrogen-bond acceptors (Lipinski definition) is 5. The molecule has 0 spiro atoms. The number of alkyl halides is 3. The van der Waals surface area contributed by atoms with E-state index in [-0.39, 0.29) is 11.5 Å². The summed E-state index contributed by atoms with van der Waals surface area (Å²) in [6, 6.07) is 5.25. The van der Waals surface area contributed by atoms with Crippen molar-refractivity contribution >= 4 is 11.9 Å². The zero-order valence-electron chi connectivity index (χ0n) is 17.3. The summed E-state index contributed by atoms with van der Waals surface area (Å²) < 4.78 is 33.5. The zero-order valence-corrected chi connectivity index (χ0v) is 17.3. The molecule has 32 heavy (non-hydrogen) atoms. The molecule has 0 atom stereocenters. The van der Waals surface area contributed by atoms with Crippen molar-refractivity contribution in [2.45, 2.75) is 45.1 Å². The number of halogens is 3. The summed E-state index contributed by atoms with van der Waals surface area (Å²) in [6.45, 7) is 4.46. The van der Waals surface area contributed by atoms with Crippen LogP contribution in [0.1, 0.15) is 41.3 Å². The number of carbonyl (C=O) groups is 2. The lowest BCUT2D eigenvalue weighted by Gasteiger charge is -2.20. The summed E-state index contributed by atoms with van der Waals surface area (Å²) in [4.78, 5) is 45.8. The Bertz CT molecular complexity index is 998. The Kier molecular flexibility index (Phi) is 7.33. The summed E-state index contributed by atoms with van der Waals surface area (Å²) in [6.07, 6.45) is -0.160. The molecule has 9 nitrogen and oxygen atoms in total. The Labute approximate surface area is 181 Å². The number of nitrogens with zero attached hydrogens (tertiary/aromatic N) is 4. The van der Waals surface area contributed by atoms with E-state index in [0.717, 1.165) is 25.2 Å². The van der Waals surface area contributed by atoms with E-state index >= 15 is 0 Å². The number of amides is 1. The summed E-state index contributed by atoms with van der Waals surface area (Å²) in [7, 11) is 0. The quantitative estimate of drug-likeness (QED) is 0.731. The Morgan fingerprint density at radius 3 is 2.41 bits per heavy atom. The molecule has 2 aromatic rings. The van der Waals surface area contributed by atoms with Gasteiger partial charge in [0.05, 0.1) is 12.2 Å². The highest BCUT2D eigenvalue weighted by Gasteiger charge is 2.38. The van der Waals surface area contributed by atoms with E-state index in [2.05, 4.69) is 9.88 Å². The highest BCUT2D eigenvalue weighted by molar-refractivity contribution is 5.92. The van der Waals surface area contributed by atoms with Gasteiger partial charge < -0.3 is 15.0 Å². The van der Waals surface area contributed by atoms with Crippen LogP contribution in [-0.4, -0.2) is 67.1 Å². The highest BCUT2D eigenvalue weighted by Crippen LogP contribution is 2.15. The number of H-pyrrole nitrogens is 1. The molecule has 2 N–H and O–H groups in total. The third kappa shape index (κ3) is 5.96. The molecule has 0 bridgehead atoms. The Morgan fingerprint density at radius 2 is 1.81 bits per heavy atom. The van der Waals surface area contributed by atoms with Gasteiger partial charge in [-0.25, -0.2) is 9.78 Å². The van der Waals surface area contributed by atoms with Gasteiger partial charge in [0.1, 0.15) is 11.5 Å². The van der Waals surface area contributed by atoms with Crippen molar-refractivity contribution in [3.63, 3.8) is 0 Å². The Morgan fingerprint density at radius 1 is 1.12 bits per heavy atom. The van der Waals surface area contributed by atoms with E-state index in [4.69, 9.17) is 14.9 Å². The molecule has 2 aliphatic heterocycles. The van der Waals surface area contributed by atoms with E-state index in [1.807, 2.05) is 6.07 Å². The lowest BCUT2D eigenvalue weighted by Crippen LogP contribution is -2.32. The van der Waals surface area contributed by atoms with Gasteiger partial charge in [0.15, 0.2) is 0 Å². The predicted molar refractivity (Wildman–Crippen MR) is 107 cm³/mol. The van der Waals surface area contributed by atoms with Crippen LogP contribution in [0.2, 0.25) is 0 Å². The van der Waals surface area contributed by atoms with Gasteiger partial charge in [0.2, 0.25) is 0 Å². The number of rotatable bonds is 3. The monoisotopic (exact) mass is 455 g/mol. The molecule has 2 aliphatic rings. The third-order valence-corrected chi connectivity index (χ3v) is 5.22. The second kappa shape index (κ2) is 9.98. The molecule has 4 rings (SSSR count). The van der Waals surface area contributed by atoms with Crippen LogP contribution in [0, 0.1) is 0 Å². The number of carboxylic acid groups (broad SMARTS) is 1. The molecule has 174 valence electrons. The predicted octanol–water partition coefficient (Wildman–Crippen LogP) is 1.85. The fraction of sp³-hybridized carbons (Fsp3) is 0.500. The van der Waals surface area contributed by atoms with Crippen molar-refractivity contribution in [1.82, 2.24) is 24.3 Å². The maximum Gasteiger partial charge on any atom is 0.490 e. The number of aromatic nitrogens is 3. The fourth-order valence-corrected chi connectivity index (χ4v) is 3.69. The largest absolute Gasteiger partial charge is 0.490 e. The number of likely N-dealkylation sites (tertiary alicyclic amines) is 1. The Balaban J connectivity index is 0.000000360. The molecule has 12 heteroatoms. The van der Waals surface area contributed by atoms with Crippen molar-refractivity contribution in [3.05, 3.63) is 52.0 Å². The molecule has 0 radical (unpaired) electrons. The van der Waals surface area contributed by atoms with E-state index in [0.29, 0.717) is 37.7 Å². The molecule has 4 heterocycles. The van der Waals surface area contributed by atoms with E-state index < -0.39 is 12.1 Å². The molecular formula is C20H24F3N5O4. The number of nitrogens with one attached hydrogen (secondary N) is 1. The van der Waals surface area contributed by atoms with Gasteiger partial charge in [0.25, 0.3) is 11.5 Å². The fourth-order valence-electron chi connectivity index (χ4n) is 3.69. The summed E-state index contributed by atoms with van der Waals surface area (Å²) in [5.74, 6) is -2.11. The van der Waals surface area contributed by atoms with Gasteiger partial charge >= 0.3 is 12.1 Å². The maximum atomic E-state index is 12.6. The van der Waals surface area contributed by atoms with Crippen molar-refractivity contribution in [3.8, 4) is 0 Å². The first-order valence-electron chi connectivity index (χ1n) is 10.2. The standard InChI is InChI=1S/C18H23N5O2.C2HF3O2/c24-17-11-14(12-21-7-1-2-8-21)20-16-13-22(9-4-10-23(16)17)18(25)15-5-3-6-19-15;3-2(4,5)1(6)7/h3,5-6,11,19H,1-2,4,7-10,12-13H2;(H,6,7). The van der Waals surface area contributed by atoms with Crippen LogP contribution in [0.25, 0.3) is 0 Å². The molecule has 2 aromatic heterocycles. The molecule has 0 aromatic carbocycles. The second-order valence-electron chi connectivity index (χ2n) is 7.60. The first-order chi connectivity index (χ1) is 15.1. The number of aromatic amines is 1. The maximum absolute atomic E-state index is 12.6. The third-order valence-electron chi connectivity index (χ3n) is 5.22. The number of aliphatic carboxylic acids is 1. The highest BCUT2D eigenvalue weighted by atomic mass is 19.4. The second-order valence-corrected chi connectivity index (χ2v) is 7.60. The van der Waals surface area contributed by atoms with Gasteiger partial charge in [-0.15, -0.1) is 0 Å². The van der Waals surface area contributed by atoms with Crippen LogP contribution in [0.15, 0.2) is 29.2 Å². The number of carboxylic acids is 1. The number of hydrogen-bond donors (Lipinski definition) is 2. The van der Waals surface area contributed by atoms with Gasteiger partial charge in [-0.2, -0.15) is 13.2 Å². The van der Waals surface area contributed by atoms with Gasteiger partial charge in [0, 0.05) is 31.9 Å². The van der Waals surface area contributed by atoms with Crippen LogP contribution in [-0.2, 0) is 24.4 Å². The smallest absolute Gasteiger partial charge is 0.475 e. The molecule has 1 fully saturated rings. The van der Waals surface area contributed by atoms with Gasteiger partial charge in [-0.1, -0.05) is 0 Å². The van der Waals surface area contributed by atoms with Crippen LogP contribution in [0.4, 0.5) is 13.2 Å². The number of fused-ring (bicyclic) bond motifs is 1. The molecule has 1 amide bonds. The molecule has 0 unspecified atom stereocenters. The van der Waals surface area contributed by atoms with Crippen LogP contribution in [0.5, 0.6) is 0 Å². The summed E-state index contributed by atoms with van der Waals surface area (Å²) in [5, 5.41) is 7.12. The van der Waals surface area contributed by atoms with Crippen molar-refractivity contribution < 1.29 is 27.9 Å². The first kappa shape index (κ1) is 23.5. The van der Waals surface area contributed by atoms with E-state index in [9.17, 15) is 22.8 Å². The van der Waals surface area contributed by atoms with E-state index in [1.165, 1.54) is 12.8 Å². The zero-order chi connectivity index (χ0) is 23.3. The SMILES string of the molecule is O=C(O)C(F)(F)F.O=C(c1ccc[nH]1)N1CCCn2c(nc(CN3CCCC3)cc2=O)C1. The Hall–Kier alpha value is -3.15. The topological polar surface area (TPSA) is 112 Å². The number of carbonyl (C=O) groups excluding carboxylic acids is 1. The van der Waals surface area contributed by atoms with Crippen LogP contribution in [0.3, 0.4) is 0 Å². The molecule has 0 aliphatic carbocycles. The van der Waals surface area contributed by atoms with Crippen molar-refractivity contribution in [2.24, 2.45) is 0 Å².